The van der Waals surface area contributed by atoms with Crippen LogP contribution in [0.15, 0.2) is 67.1 Å². The minimum Gasteiger partial charge on any atom is -0.321 e. The number of imidazole rings is 1. The third-order valence-corrected chi connectivity index (χ3v) is 3.26. The molecule has 0 aliphatic heterocycles. The second-order valence-corrected chi connectivity index (χ2v) is 4.88. The summed E-state index contributed by atoms with van der Waals surface area (Å²) >= 11 is 5.83. The van der Waals surface area contributed by atoms with Crippen LogP contribution in [0.3, 0.4) is 0 Å². The van der Waals surface area contributed by atoms with Crippen LogP contribution in [0.2, 0.25) is 5.02 Å². The molecule has 0 saturated heterocycles. The molecule has 1 N–H and O–H groups in total. The molecule has 1 aromatic heterocycles. The number of anilines is 1. The highest BCUT2D eigenvalue weighted by molar-refractivity contribution is 6.30. The fraction of sp³-hybridized carbons (Fsp3) is 0. The first-order chi connectivity index (χ1) is 10.2. The molecule has 0 spiro atoms. The van der Waals surface area contributed by atoms with E-state index in [4.69, 9.17) is 11.6 Å². The van der Waals surface area contributed by atoms with Gasteiger partial charge in [0.25, 0.3) is 5.91 Å². The topological polar surface area (TPSA) is 46.9 Å². The highest BCUT2D eigenvalue weighted by Crippen LogP contribution is 2.16. The van der Waals surface area contributed by atoms with Crippen molar-refractivity contribution in [3.05, 3.63) is 77.8 Å². The lowest BCUT2D eigenvalue weighted by Crippen LogP contribution is -2.15. The van der Waals surface area contributed by atoms with Crippen LogP contribution in [-0.2, 0) is 0 Å². The summed E-state index contributed by atoms with van der Waals surface area (Å²) in [6.45, 7) is 0. The average Bonchev–Trinajstić information content (AvgIpc) is 3.00. The summed E-state index contributed by atoms with van der Waals surface area (Å²) in [6.07, 6.45) is 3.16. The molecule has 0 saturated carbocycles. The van der Waals surface area contributed by atoms with Crippen LogP contribution in [0.5, 0.6) is 0 Å². The highest BCUT2D eigenvalue weighted by Gasteiger charge is 2.13. The van der Waals surface area contributed by atoms with E-state index in [0.717, 1.165) is 5.69 Å². The SMILES string of the molecule is O=C(Nc1ccc(Cl)cc1)c1cncn1-c1ccccc1. The molecular formula is C16H12ClN3O. The number of rotatable bonds is 3. The maximum absolute atomic E-state index is 12.3. The first-order valence-corrected chi connectivity index (χ1v) is 6.76. The molecule has 2 aromatic carbocycles. The van der Waals surface area contributed by atoms with Crippen molar-refractivity contribution in [2.45, 2.75) is 0 Å². The van der Waals surface area contributed by atoms with Crippen LogP contribution in [0.25, 0.3) is 5.69 Å². The van der Waals surface area contributed by atoms with Gasteiger partial charge in [0.15, 0.2) is 0 Å². The number of carbonyl (C=O) groups excluding carboxylic acids is 1. The summed E-state index contributed by atoms with van der Waals surface area (Å²) in [6, 6.07) is 16.5. The minimum atomic E-state index is -0.223. The lowest BCUT2D eigenvalue weighted by atomic mass is 10.3. The second-order valence-electron chi connectivity index (χ2n) is 4.45. The van der Waals surface area contributed by atoms with E-state index >= 15 is 0 Å². The number of hydrogen-bond donors (Lipinski definition) is 1. The largest absolute Gasteiger partial charge is 0.321 e. The predicted molar refractivity (Wildman–Crippen MR) is 83.0 cm³/mol. The molecule has 0 aliphatic rings. The lowest BCUT2D eigenvalue weighted by Gasteiger charge is -2.08. The van der Waals surface area contributed by atoms with Crippen molar-refractivity contribution >= 4 is 23.2 Å². The van der Waals surface area contributed by atoms with Crippen LogP contribution >= 0.6 is 11.6 Å². The Labute approximate surface area is 127 Å². The molecule has 1 heterocycles. The Balaban J connectivity index is 1.86. The summed E-state index contributed by atoms with van der Waals surface area (Å²) in [5.41, 5.74) is 2.04. The quantitative estimate of drug-likeness (QED) is 0.800. The summed E-state index contributed by atoms with van der Waals surface area (Å²) in [4.78, 5) is 16.4. The predicted octanol–water partition coefficient (Wildman–Crippen LogP) is 3.78. The molecule has 0 unspecified atom stereocenters. The first-order valence-electron chi connectivity index (χ1n) is 6.39. The Kier molecular flexibility index (Phi) is 3.71. The van der Waals surface area contributed by atoms with E-state index < -0.39 is 0 Å². The number of nitrogens with zero attached hydrogens (tertiary/aromatic N) is 2. The Bertz CT molecular complexity index is 751. The summed E-state index contributed by atoms with van der Waals surface area (Å²) < 4.78 is 1.74. The maximum Gasteiger partial charge on any atom is 0.274 e. The van der Waals surface area contributed by atoms with E-state index in [-0.39, 0.29) is 5.91 Å². The minimum absolute atomic E-state index is 0.223. The lowest BCUT2D eigenvalue weighted by molar-refractivity contribution is 0.102. The van der Waals surface area contributed by atoms with Crippen molar-refractivity contribution in [3.63, 3.8) is 0 Å². The molecule has 4 nitrogen and oxygen atoms in total. The van der Waals surface area contributed by atoms with Crippen LogP contribution < -0.4 is 5.32 Å². The second kappa shape index (κ2) is 5.81. The van der Waals surface area contributed by atoms with E-state index in [1.54, 1.807) is 35.2 Å². The van der Waals surface area contributed by atoms with Crippen LogP contribution in [-0.4, -0.2) is 15.5 Å². The molecular weight excluding hydrogens is 286 g/mol. The van der Waals surface area contributed by atoms with E-state index in [0.29, 0.717) is 16.4 Å². The van der Waals surface area contributed by atoms with Gasteiger partial charge in [-0.05, 0) is 36.4 Å². The van der Waals surface area contributed by atoms with Crippen molar-refractivity contribution in [1.82, 2.24) is 9.55 Å². The monoisotopic (exact) mass is 297 g/mol. The third kappa shape index (κ3) is 2.95. The molecule has 0 atom stereocenters. The van der Waals surface area contributed by atoms with Crippen molar-refractivity contribution in [1.29, 1.82) is 0 Å². The van der Waals surface area contributed by atoms with E-state index in [9.17, 15) is 4.79 Å². The van der Waals surface area contributed by atoms with Gasteiger partial charge in [-0.25, -0.2) is 4.98 Å². The number of para-hydroxylation sites is 1. The number of nitrogens with one attached hydrogen (secondary N) is 1. The van der Waals surface area contributed by atoms with Gasteiger partial charge in [-0.3, -0.25) is 9.36 Å². The van der Waals surface area contributed by atoms with Crippen molar-refractivity contribution in [2.75, 3.05) is 5.32 Å². The van der Waals surface area contributed by atoms with Crippen LogP contribution in [0.4, 0.5) is 5.69 Å². The fourth-order valence-electron chi connectivity index (χ4n) is 1.99. The molecule has 21 heavy (non-hydrogen) atoms. The van der Waals surface area contributed by atoms with Gasteiger partial charge in [0.05, 0.1) is 12.5 Å². The van der Waals surface area contributed by atoms with Gasteiger partial charge in [-0.2, -0.15) is 0 Å². The first kappa shape index (κ1) is 13.4. The molecule has 1 amide bonds. The number of aromatic nitrogens is 2. The van der Waals surface area contributed by atoms with Gasteiger partial charge in [-0.15, -0.1) is 0 Å². The standard InChI is InChI=1S/C16H12ClN3O/c17-12-6-8-13(9-7-12)19-16(21)15-10-18-11-20(15)14-4-2-1-3-5-14/h1-11H,(H,19,21). The highest BCUT2D eigenvalue weighted by atomic mass is 35.5. The molecule has 5 heteroatoms. The normalized spacial score (nSPS) is 10.3. The van der Waals surface area contributed by atoms with E-state index in [2.05, 4.69) is 10.3 Å². The van der Waals surface area contributed by atoms with Crippen LogP contribution in [0.1, 0.15) is 10.5 Å². The zero-order chi connectivity index (χ0) is 14.7. The molecule has 104 valence electrons. The summed E-state index contributed by atoms with van der Waals surface area (Å²) in [7, 11) is 0. The van der Waals surface area contributed by atoms with Gasteiger partial charge < -0.3 is 5.32 Å². The van der Waals surface area contributed by atoms with Crippen molar-refractivity contribution < 1.29 is 4.79 Å². The van der Waals surface area contributed by atoms with E-state index in [1.165, 1.54) is 6.20 Å². The Morgan fingerprint density at radius 1 is 1.05 bits per heavy atom. The molecule has 0 aliphatic carbocycles. The molecule has 0 fully saturated rings. The smallest absolute Gasteiger partial charge is 0.274 e. The van der Waals surface area contributed by atoms with Gasteiger partial charge in [0.1, 0.15) is 5.69 Å². The number of carbonyl (C=O) groups is 1. The molecule has 0 bridgehead atoms. The zero-order valence-corrected chi connectivity index (χ0v) is 11.8. The fourth-order valence-corrected chi connectivity index (χ4v) is 2.11. The summed E-state index contributed by atoms with van der Waals surface area (Å²) in [5, 5.41) is 3.45. The van der Waals surface area contributed by atoms with Crippen molar-refractivity contribution in [3.8, 4) is 5.69 Å². The molecule has 3 aromatic rings. The van der Waals surface area contributed by atoms with Gasteiger partial charge in [-0.1, -0.05) is 29.8 Å². The number of benzene rings is 2. The maximum atomic E-state index is 12.3. The summed E-state index contributed by atoms with van der Waals surface area (Å²) in [5.74, 6) is -0.223. The number of halogens is 1. The Hall–Kier alpha value is -2.59. The van der Waals surface area contributed by atoms with E-state index in [1.807, 2.05) is 30.3 Å². The Morgan fingerprint density at radius 2 is 1.76 bits per heavy atom. The van der Waals surface area contributed by atoms with Crippen molar-refractivity contribution in [2.24, 2.45) is 0 Å². The number of hydrogen-bond acceptors (Lipinski definition) is 2. The molecule has 0 radical (unpaired) electrons. The third-order valence-electron chi connectivity index (χ3n) is 3.01. The average molecular weight is 298 g/mol. The Morgan fingerprint density at radius 3 is 2.48 bits per heavy atom. The molecule has 3 rings (SSSR count). The zero-order valence-electron chi connectivity index (χ0n) is 11.0. The van der Waals surface area contributed by atoms with Gasteiger partial charge in [0, 0.05) is 16.4 Å². The van der Waals surface area contributed by atoms with Gasteiger partial charge in [0.2, 0.25) is 0 Å². The van der Waals surface area contributed by atoms with Gasteiger partial charge >= 0.3 is 0 Å². The van der Waals surface area contributed by atoms with Crippen LogP contribution in [0, 0.1) is 0 Å². The number of amides is 1.